The van der Waals surface area contributed by atoms with E-state index in [-0.39, 0.29) is 12.4 Å². The third-order valence-corrected chi connectivity index (χ3v) is 1.53. The number of benzene rings is 1. The van der Waals surface area contributed by atoms with E-state index in [1.807, 2.05) is 12.1 Å². The number of hydrogen-bond acceptors (Lipinski definition) is 1. The molecule has 1 aromatic rings. The van der Waals surface area contributed by atoms with Gasteiger partial charge < -0.3 is 5.41 Å². The van der Waals surface area contributed by atoms with Crippen LogP contribution in [0.5, 0.6) is 0 Å². The minimum absolute atomic E-state index is 0. The van der Waals surface area contributed by atoms with Crippen LogP contribution >= 0.6 is 24.0 Å². The Morgan fingerprint density at radius 3 is 2.09 bits per heavy atom. The van der Waals surface area contributed by atoms with E-state index in [0.29, 0.717) is 10.7 Å². The highest BCUT2D eigenvalue weighted by Crippen LogP contribution is 2.09. The average molecular weight is 190 g/mol. The molecule has 1 nitrogen and oxygen atoms in total. The first-order chi connectivity index (χ1) is 4.70. The van der Waals surface area contributed by atoms with Crippen LogP contribution < -0.4 is 0 Å². The predicted octanol–water partition coefficient (Wildman–Crippen LogP) is 3.15. The number of rotatable bonds is 1. The Balaban J connectivity index is 0.000001000. The normalized spacial score (nSPS) is 8.55. The molecule has 1 aromatic carbocycles. The van der Waals surface area contributed by atoms with Crippen LogP contribution in [0.15, 0.2) is 24.3 Å². The molecule has 0 spiro atoms. The second kappa shape index (κ2) is 4.37. The standard InChI is InChI=1S/C8H8ClN.ClH/c1-6(10)7-2-4-8(9)5-3-7;/h2-5,10H,1H3;1H. The summed E-state index contributed by atoms with van der Waals surface area (Å²) in [4.78, 5) is 0. The van der Waals surface area contributed by atoms with Crippen LogP contribution in [0.3, 0.4) is 0 Å². The summed E-state index contributed by atoms with van der Waals surface area (Å²) in [5.41, 5.74) is 1.49. The summed E-state index contributed by atoms with van der Waals surface area (Å²) < 4.78 is 0. The molecule has 0 heterocycles. The maximum absolute atomic E-state index is 7.26. The Bertz CT molecular complexity index is 241. The fraction of sp³-hybridized carbons (Fsp3) is 0.125. The highest BCUT2D eigenvalue weighted by Gasteiger charge is 1.92. The van der Waals surface area contributed by atoms with Gasteiger partial charge in [-0.3, -0.25) is 0 Å². The zero-order valence-electron chi connectivity index (χ0n) is 6.10. The predicted molar refractivity (Wildman–Crippen MR) is 51.2 cm³/mol. The average Bonchev–Trinajstić information content (AvgIpc) is 1.88. The molecule has 0 radical (unpaired) electrons. The van der Waals surface area contributed by atoms with Gasteiger partial charge in [-0.1, -0.05) is 23.7 Å². The van der Waals surface area contributed by atoms with Gasteiger partial charge in [0.25, 0.3) is 0 Å². The van der Waals surface area contributed by atoms with Crippen molar-refractivity contribution in [1.29, 1.82) is 5.41 Å². The second-order valence-electron chi connectivity index (χ2n) is 2.13. The summed E-state index contributed by atoms with van der Waals surface area (Å²) in [5, 5.41) is 7.98. The van der Waals surface area contributed by atoms with Crippen molar-refractivity contribution in [2.24, 2.45) is 0 Å². The zero-order valence-corrected chi connectivity index (χ0v) is 7.67. The zero-order chi connectivity index (χ0) is 7.56. The Kier molecular flexibility index (Phi) is 4.16. The van der Waals surface area contributed by atoms with E-state index in [0.717, 1.165) is 5.56 Å². The number of halogens is 2. The van der Waals surface area contributed by atoms with Gasteiger partial charge in [0.15, 0.2) is 0 Å². The molecule has 60 valence electrons. The molecule has 0 bridgehead atoms. The molecule has 0 aromatic heterocycles. The van der Waals surface area contributed by atoms with Crippen molar-refractivity contribution in [3.63, 3.8) is 0 Å². The van der Waals surface area contributed by atoms with Gasteiger partial charge in [0, 0.05) is 10.7 Å². The van der Waals surface area contributed by atoms with Gasteiger partial charge in [-0.25, -0.2) is 0 Å². The number of nitrogens with one attached hydrogen (secondary N) is 1. The molecular formula is C8H9Cl2N. The van der Waals surface area contributed by atoms with Crippen LogP contribution in [0.2, 0.25) is 5.02 Å². The van der Waals surface area contributed by atoms with E-state index < -0.39 is 0 Å². The van der Waals surface area contributed by atoms with E-state index in [1.54, 1.807) is 19.1 Å². The van der Waals surface area contributed by atoms with E-state index in [9.17, 15) is 0 Å². The Hall–Kier alpha value is -0.530. The van der Waals surface area contributed by atoms with Crippen molar-refractivity contribution in [1.82, 2.24) is 0 Å². The van der Waals surface area contributed by atoms with Gasteiger partial charge in [-0.2, -0.15) is 0 Å². The van der Waals surface area contributed by atoms with Gasteiger partial charge in [0.1, 0.15) is 0 Å². The van der Waals surface area contributed by atoms with Crippen molar-refractivity contribution in [3.8, 4) is 0 Å². The molecule has 0 aliphatic heterocycles. The van der Waals surface area contributed by atoms with Crippen LogP contribution in [0.4, 0.5) is 0 Å². The van der Waals surface area contributed by atoms with E-state index in [1.165, 1.54) is 0 Å². The van der Waals surface area contributed by atoms with Crippen molar-refractivity contribution < 1.29 is 0 Å². The Morgan fingerprint density at radius 2 is 1.73 bits per heavy atom. The molecule has 3 heteroatoms. The summed E-state index contributed by atoms with van der Waals surface area (Å²) in [6, 6.07) is 7.25. The monoisotopic (exact) mass is 189 g/mol. The maximum atomic E-state index is 7.26. The van der Waals surface area contributed by atoms with Crippen LogP contribution in [-0.2, 0) is 0 Å². The number of hydrogen-bond donors (Lipinski definition) is 1. The molecule has 0 amide bonds. The lowest BCUT2D eigenvalue weighted by atomic mass is 10.1. The SMILES string of the molecule is CC(=N)c1ccc(Cl)cc1.Cl. The molecule has 0 aliphatic rings. The lowest BCUT2D eigenvalue weighted by Crippen LogP contribution is -1.89. The van der Waals surface area contributed by atoms with Crippen molar-refractivity contribution >= 4 is 29.7 Å². The summed E-state index contributed by atoms with van der Waals surface area (Å²) in [6.45, 7) is 1.75. The van der Waals surface area contributed by atoms with Crippen LogP contribution in [0, 0.1) is 5.41 Å². The minimum atomic E-state index is 0. The molecule has 1 rings (SSSR count). The minimum Gasteiger partial charge on any atom is -0.305 e. The van der Waals surface area contributed by atoms with Gasteiger partial charge in [0.05, 0.1) is 0 Å². The van der Waals surface area contributed by atoms with Gasteiger partial charge in [-0.15, -0.1) is 12.4 Å². The first-order valence-corrected chi connectivity index (χ1v) is 3.39. The van der Waals surface area contributed by atoms with Gasteiger partial charge in [-0.05, 0) is 24.6 Å². The van der Waals surface area contributed by atoms with Crippen LogP contribution in [-0.4, -0.2) is 5.71 Å². The fourth-order valence-electron chi connectivity index (χ4n) is 0.700. The summed E-state index contributed by atoms with van der Waals surface area (Å²) in [7, 11) is 0. The molecular weight excluding hydrogens is 181 g/mol. The fourth-order valence-corrected chi connectivity index (χ4v) is 0.826. The summed E-state index contributed by atoms with van der Waals surface area (Å²) in [5.74, 6) is 0. The summed E-state index contributed by atoms with van der Waals surface area (Å²) in [6.07, 6.45) is 0. The maximum Gasteiger partial charge on any atom is 0.0406 e. The van der Waals surface area contributed by atoms with Gasteiger partial charge in [0.2, 0.25) is 0 Å². The molecule has 0 saturated carbocycles. The van der Waals surface area contributed by atoms with E-state index >= 15 is 0 Å². The van der Waals surface area contributed by atoms with Crippen molar-refractivity contribution in [2.45, 2.75) is 6.92 Å². The van der Waals surface area contributed by atoms with Crippen LogP contribution in [0.25, 0.3) is 0 Å². The van der Waals surface area contributed by atoms with E-state index in [2.05, 4.69) is 0 Å². The topological polar surface area (TPSA) is 23.9 Å². The quantitative estimate of drug-likeness (QED) is 0.657. The molecule has 0 fully saturated rings. The molecule has 0 saturated heterocycles. The largest absolute Gasteiger partial charge is 0.305 e. The highest BCUT2D eigenvalue weighted by atomic mass is 35.5. The Labute approximate surface area is 77.3 Å². The lowest BCUT2D eigenvalue weighted by Gasteiger charge is -1.95. The lowest BCUT2D eigenvalue weighted by molar-refractivity contribution is 1.46. The van der Waals surface area contributed by atoms with E-state index in [4.69, 9.17) is 17.0 Å². The molecule has 1 N–H and O–H groups in total. The molecule has 0 aliphatic carbocycles. The molecule has 11 heavy (non-hydrogen) atoms. The molecule has 0 atom stereocenters. The van der Waals surface area contributed by atoms with Crippen molar-refractivity contribution in [3.05, 3.63) is 34.9 Å². The first-order valence-electron chi connectivity index (χ1n) is 3.01. The van der Waals surface area contributed by atoms with Crippen molar-refractivity contribution in [2.75, 3.05) is 0 Å². The highest BCUT2D eigenvalue weighted by molar-refractivity contribution is 6.30. The summed E-state index contributed by atoms with van der Waals surface area (Å²) >= 11 is 5.65. The smallest absolute Gasteiger partial charge is 0.0406 e. The van der Waals surface area contributed by atoms with Gasteiger partial charge >= 0.3 is 0 Å². The third kappa shape index (κ3) is 2.91. The van der Waals surface area contributed by atoms with Crippen LogP contribution in [0.1, 0.15) is 12.5 Å². The molecule has 0 unspecified atom stereocenters. The second-order valence-corrected chi connectivity index (χ2v) is 2.57. The first kappa shape index (κ1) is 10.5. The Morgan fingerprint density at radius 1 is 1.27 bits per heavy atom. The third-order valence-electron chi connectivity index (χ3n) is 1.28.